The second kappa shape index (κ2) is 7.06. The van der Waals surface area contributed by atoms with Gasteiger partial charge in [0.15, 0.2) is 0 Å². The van der Waals surface area contributed by atoms with E-state index in [0.717, 1.165) is 0 Å². The van der Waals surface area contributed by atoms with Crippen LogP contribution >= 0.6 is 11.6 Å². The minimum absolute atomic E-state index is 0.0797. The van der Waals surface area contributed by atoms with E-state index < -0.39 is 6.10 Å². The summed E-state index contributed by atoms with van der Waals surface area (Å²) in [7, 11) is 1.57. The summed E-state index contributed by atoms with van der Waals surface area (Å²) in [6, 6.07) is 10.2. The highest BCUT2D eigenvalue weighted by Gasteiger charge is 2.13. The number of aliphatic hydroxyl groups is 1. The second-order valence-electron chi connectivity index (χ2n) is 4.34. The van der Waals surface area contributed by atoms with Gasteiger partial charge in [-0.1, -0.05) is 23.7 Å². The fraction of sp³-hybridized carbons (Fsp3) is 0.200. The summed E-state index contributed by atoms with van der Waals surface area (Å²) in [5.74, 6) is 0.331. The van der Waals surface area contributed by atoms with Crippen molar-refractivity contribution in [2.75, 3.05) is 13.7 Å². The lowest BCUT2D eigenvalue weighted by Gasteiger charge is -2.13. The van der Waals surface area contributed by atoms with Gasteiger partial charge in [0, 0.05) is 12.7 Å². The van der Waals surface area contributed by atoms with Crippen molar-refractivity contribution < 1.29 is 14.6 Å². The number of benzene rings is 1. The van der Waals surface area contributed by atoms with Crippen LogP contribution < -0.4 is 10.1 Å². The molecule has 0 bridgehead atoms. The molecule has 2 aromatic rings. The monoisotopic (exact) mass is 306 g/mol. The van der Waals surface area contributed by atoms with E-state index in [1.807, 2.05) is 0 Å². The number of aliphatic hydroxyl groups excluding tert-OH is 1. The maximum atomic E-state index is 11.9. The molecule has 5 nitrogen and oxygen atoms in total. The van der Waals surface area contributed by atoms with Crippen LogP contribution in [0.4, 0.5) is 0 Å². The fourth-order valence-electron chi connectivity index (χ4n) is 1.78. The molecule has 1 unspecified atom stereocenters. The van der Waals surface area contributed by atoms with Gasteiger partial charge in [-0.15, -0.1) is 0 Å². The van der Waals surface area contributed by atoms with Gasteiger partial charge < -0.3 is 15.2 Å². The molecular formula is C15H15ClN2O3. The number of carbonyl (C=O) groups excluding carboxylic acids is 1. The van der Waals surface area contributed by atoms with E-state index in [9.17, 15) is 9.90 Å². The number of pyridine rings is 1. The third kappa shape index (κ3) is 3.93. The number of ether oxygens (including phenoxy) is 1. The maximum Gasteiger partial charge on any atom is 0.254 e. The summed E-state index contributed by atoms with van der Waals surface area (Å²) >= 11 is 5.84. The second-order valence-corrected chi connectivity index (χ2v) is 4.70. The summed E-state index contributed by atoms with van der Waals surface area (Å²) in [4.78, 5) is 15.8. The summed E-state index contributed by atoms with van der Waals surface area (Å²) in [5, 5.41) is 12.8. The average Bonchev–Trinajstić information content (AvgIpc) is 2.52. The Morgan fingerprint density at radius 2 is 2.10 bits per heavy atom. The minimum Gasteiger partial charge on any atom is -0.497 e. The molecule has 1 amide bonds. The van der Waals surface area contributed by atoms with Crippen molar-refractivity contribution in [2.24, 2.45) is 0 Å². The smallest absolute Gasteiger partial charge is 0.254 e. The molecule has 0 saturated carbocycles. The number of rotatable bonds is 5. The Hall–Kier alpha value is -2.11. The van der Waals surface area contributed by atoms with Crippen molar-refractivity contribution in [2.45, 2.75) is 6.10 Å². The van der Waals surface area contributed by atoms with E-state index in [1.165, 1.54) is 6.20 Å². The quantitative estimate of drug-likeness (QED) is 0.831. The van der Waals surface area contributed by atoms with Crippen LogP contribution in [0.15, 0.2) is 42.6 Å². The molecule has 1 aromatic carbocycles. The standard InChI is InChI=1S/C15H15ClN2O3/c1-21-11-6-4-10(5-7-11)13(19)9-18-15(20)12-3-2-8-17-14(12)16/h2-8,13,19H,9H2,1H3,(H,18,20). The fourth-order valence-corrected chi connectivity index (χ4v) is 1.99. The van der Waals surface area contributed by atoms with Crippen molar-refractivity contribution in [3.05, 3.63) is 58.9 Å². The highest BCUT2D eigenvalue weighted by Crippen LogP contribution is 2.17. The van der Waals surface area contributed by atoms with Gasteiger partial charge in [0.2, 0.25) is 0 Å². The zero-order chi connectivity index (χ0) is 15.2. The molecule has 0 aliphatic rings. The molecule has 2 N–H and O–H groups in total. The van der Waals surface area contributed by atoms with Gasteiger partial charge in [-0.25, -0.2) is 4.98 Å². The molecule has 0 radical (unpaired) electrons. The van der Waals surface area contributed by atoms with E-state index >= 15 is 0 Å². The number of aromatic nitrogens is 1. The first-order valence-corrected chi connectivity index (χ1v) is 6.70. The van der Waals surface area contributed by atoms with Crippen LogP contribution in [-0.4, -0.2) is 29.7 Å². The Morgan fingerprint density at radius 3 is 2.71 bits per heavy atom. The third-order valence-electron chi connectivity index (χ3n) is 2.96. The first kappa shape index (κ1) is 15.3. The van der Waals surface area contributed by atoms with E-state index in [0.29, 0.717) is 11.3 Å². The van der Waals surface area contributed by atoms with Crippen LogP contribution in [0.3, 0.4) is 0 Å². The van der Waals surface area contributed by atoms with Crippen LogP contribution in [0.5, 0.6) is 5.75 Å². The van der Waals surface area contributed by atoms with Crippen LogP contribution in [0.1, 0.15) is 22.0 Å². The molecule has 110 valence electrons. The minimum atomic E-state index is -0.810. The lowest BCUT2D eigenvalue weighted by Crippen LogP contribution is -2.28. The van der Waals surface area contributed by atoms with E-state index in [2.05, 4.69) is 10.3 Å². The molecule has 1 heterocycles. The predicted octanol–water partition coefficient (Wildman–Crippen LogP) is 2.21. The summed E-state index contributed by atoms with van der Waals surface area (Å²) in [6.45, 7) is 0.0797. The average molecular weight is 307 g/mol. The number of nitrogens with zero attached hydrogens (tertiary/aromatic N) is 1. The molecular weight excluding hydrogens is 292 g/mol. The van der Waals surface area contributed by atoms with Crippen molar-refractivity contribution >= 4 is 17.5 Å². The molecule has 0 aliphatic heterocycles. The number of hydrogen-bond donors (Lipinski definition) is 2. The first-order valence-electron chi connectivity index (χ1n) is 6.32. The molecule has 0 saturated heterocycles. The Labute approximate surface area is 127 Å². The van der Waals surface area contributed by atoms with Crippen LogP contribution in [-0.2, 0) is 0 Å². The van der Waals surface area contributed by atoms with Crippen LogP contribution in [0.25, 0.3) is 0 Å². The molecule has 0 aliphatic carbocycles. The SMILES string of the molecule is COc1ccc(C(O)CNC(=O)c2cccnc2Cl)cc1. The highest BCUT2D eigenvalue weighted by molar-refractivity contribution is 6.32. The van der Waals surface area contributed by atoms with E-state index in [-0.39, 0.29) is 23.2 Å². The molecule has 0 fully saturated rings. The molecule has 21 heavy (non-hydrogen) atoms. The molecule has 1 atom stereocenters. The molecule has 2 rings (SSSR count). The van der Waals surface area contributed by atoms with Gasteiger partial charge in [0.1, 0.15) is 10.9 Å². The van der Waals surface area contributed by atoms with Gasteiger partial charge >= 0.3 is 0 Å². The Morgan fingerprint density at radius 1 is 1.38 bits per heavy atom. The number of amides is 1. The van der Waals surface area contributed by atoms with Gasteiger partial charge in [-0.3, -0.25) is 4.79 Å². The first-order chi connectivity index (χ1) is 10.1. The molecule has 0 spiro atoms. The van der Waals surface area contributed by atoms with Crippen molar-refractivity contribution in [3.63, 3.8) is 0 Å². The lowest BCUT2D eigenvalue weighted by molar-refractivity contribution is 0.0916. The van der Waals surface area contributed by atoms with Gasteiger partial charge in [0.05, 0.1) is 18.8 Å². The Balaban J connectivity index is 1.95. The Bertz CT molecular complexity index is 617. The van der Waals surface area contributed by atoms with Crippen molar-refractivity contribution in [1.29, 1.82) is 0 Å². The molecule has 6 heteroatoms. The number of nitrogens with one attached hydrogen (secondary N) is 1. The van der Waals surface area contributed by atoms with E-state index in [1.54, 1.807) is 43.5 Å². The maximum absolute atomic E-state index is 11.9. The topological polar surface area (TPSA) is 71.5 Å². The van der Waals surface area contributed by atoms with Gasteiger partial charge in [0.25, 0.3) is 5.91 Å². The van der Waals surface area contributed by atoms with Crippen LogP contribution in [0.2, 0.25) is 5.15 Å². The number of hydrogen-bond acceptors (Lipinski definition) is 4. The zero-order valence-electron chi connectivity index (χ0n) is 11.4. The number of carbonyl (C=O) groups is 1. The lowest BCUT2D eigenvalue weighted by atomic mass is 10.1. The van der Waals surface area contributed by atoms with Gasteiger partial charge in [-0.2, -0.15) is 0 Å². The highest BCUT2D eigenvalue weighted by atomic mass is 35.5. The van der Waals surface area contributed by atoms with Gasteiger partial charge in [-0.05, 0) is 29.8 Å². The normalized spacial score (nSPS) is 11.8. The number of methoxy groups -OCH3 is 1. The zero-order valence-corrected chi connectivity index (χ0v) is 12.2. The number of halogens is 1. The largest absolute Gasteiger partial charge is 0.497 e. The predicted molar refractivity (Wildman–Crippen MR) is 79.5 cm³/mol. The van der Waals surface area contributed by atoms with Crippen molar-refractivity contribution in [3.8, 4) is 5.75 Å². The van der Waals surface area contributed by atoms with Crippen LogP contribution in [0, 0.1) is 0 Å². The summed E-state index contributed by atoms with van der Waals surface area (Å²) in [6.07, 6.45) is 0.695. The Kier molecular flexibility index (Phi) is 5.14. The summed E-state index contributed by atoms with van der Waals surface area (Å²) < 4.78 is 5.05. The van der Waals surface area contributed by atoms with Crippen molar-refractivity contribution in [1.82, 2.24) is 10.3 Å². The molecule has 1 aromatic heterocycles. The third-order valence-corrected chi connectivity index (χ3v) is 3.26. The van der Waals surface area contributed by atoms with E-state index in [4.69, 9.17) is 16.3 Å². The summed E-state index contributed by atoms with van der Waals surface area (Å²) in [5.41, 5.74) is 0.967.